The molecule has 1 aromatic heterocycles. The van der Waals surface area contributed by atoms with Crippen molar-refractivity contribution in [3.05, 3.63) is 10.2 Å². The van der Waals surface area contributed by atoms with Crippen LogP contribution in [0.4, 0.5) is 0 Å². The fourth-order valence-corrected chi connectivity index (χ4v) is 1.62. The molecular weight excluding hydrogens is 234 g/mol. The highest BCUT2D eigenvalue weighted by atomic mass is 79.9. The van der Waals surface area contributed by atoms with Crippen molar-refractivity contribution in [3.63, 3.8) is 0 Å². The Kier molecular flexibility index (Phi) is 3.74. The molecule has 0 aliphatic rings. The van der Waals surface area contributed by atoms with Crippen LogP contribution in [0.1, 0.15) is 12.0 Å². The topological polar surface area (TPSA) is 53.1 Å². The summed E-state index contributed by atoms with van der Waals surface area (Å²) in [4.78, 5) is 0. The molecule has 0 atom stereocenters. The minimum Gasteiger partial charge on any atom is -0.480 e. The highest BCUT2D eigenvalue weighted by molar-refractivity contribution is 9.10. The third-order valence-electron chi connectivity index (χ3n) is 1.86. The molecule has 0 amide bonds. The zero-order chi connectivity index (χ0) is 9.84. The van der Waals surface area contributed by atoms with Gasteiger partial charge in [0.2, 0.25) is 5.88 Å². The van der Waals surface area contributed by atoms with E-state index in [4.69, 9.17) is 10.5 Å². The van der Waals surface area contributed by atoms with Gasteiger partial charge in [-0.15, -0.1) is 5.10 Å². The average molecular weight is 248 g/mol. The van der Waals surface area contributed by atoms with Crippen LogP contribution >= 0.6 is 15.9 Å². The molecule has 0 aliphatic carbocycles. The first-order valence-electron chi connectivity index (χ1n) is 4.16. The predicted octanol–water partition coefficient (Wildman–Crippen LogP) is 1.08. The molecule has 0 saturated carbocycles. The number of aryl methyl sites for hydroxylation is 1. The zero-order valence-corrected chi connectivity index (χ0v) is 9.47. The van der Waals surface area contributed by atoms with E-state index in [9.17, 15) is 0 Å². The van der Waals surface area contributed by atoms with Crippen LogP contribution in [0.25, 0.3) is 0 Å². The highest BCUT2D eigenvalue weighted by Gasteiger charge is 2.13. The monoisotopic (exact) mass is 247 g/mol. The number of nitrogens with two attached hydrogens (primary N) is 1. The Hall–Kier alpha value is -0.550. The van der Waals surface area contributed by atoms with Gasteiger partial charge in [0.15, 0.2) is 0 Å². The van der Waals surface area contributed by atoms with Crippen LogP contribution in [0.3, 0.4) is 0 Å². The molecule has 1 rings (SSSR count). The summed E-state index contributed by atoms with van der Waals surface area (Å²) in [5, 5.41) is 4.19. The van der Waals surface area contributed by atoms with Crippen LogP contribution in [0.2, 0.25) is 0 Å². The van der Waals surface area contributed by atoms with Gasteiger partial charge in [-0.05, 0) is 35.3 Å². The largest absolute Gasteiger partial charge is 0.480 e. The summed E-state index contributed by atoms with van der Waals surface area (Å²) >= 11 is 3.45. The maximum absolute atomic E-state index is 5.44. The van der Waals surface area contributed by atoms with Gasteiger partial charge in [-0.1, -0.05) is 0 Å². The standard InChI is InChI=1S/C8H14BrN3O/c1-12-7(9)6(4-3-5-10)8(11-12)13-2/h3-5,10H2,1-2H3. The summed E-state index contributed by atoms with van der Waals surface area (Å²) in [7, 11) is 3.50. The van der Waals surface area contributed by atoms with Gasteiger partial charge >= 0.3 is 0 Å². The average Bonchev–Trinajstić information content (AvgIpc) is 2.40. The Labute approximate surface area is 86.2 Å². The van der Waals surface area contributed by atoms with Gasteiger partial charge in [0, 0.05) is 12.6 Å². The molecule has 0 aliphatic heterocycles. The second-order valence-electron chi connectivity index (χ2n) is 2.79. The summed E-state index contributed by atoms with van der Waals surface area (Å²) in [6, 6.07) is 0. The molecule has 4 nitrogen and oxygen atoms in total. The van der Waals surface area contributed by atoms with E-state index >= 15 is 0 Å². The van der Waals surface area contributed by atoms with Gasteiger partial charge in [-0.3, -0.25) is 4.68 Å². The zero-order valence-electron chi connectivity index (χ0n) is 7.88. The molecular formula is C8H14BrN3O. The molecule has 0 fully saturated rings. The van der Waals surface area contributed by atoms with Crippen molar-refractivity contribution in [2.75, 3.05) is 13.7 Å². The summed E-state index contributed by atoms with van der Waals surface area (Å²) in [6.07, 6.45) is 1.84. The molecule has 0 saturated heterocycles. The molecule has 0 radical (unpaired) electrons. The minimum atomic E-state index is 0.683. The quantitative estimate of drug-likeness (QED) is 0.867. The molecule has 0 unspecified atom stereocenters. The number of ether oxygens (including phenoxy) is 1. The van der Waals surface area contributed by atoms with Gasteiger partial charge in [0.1, 0.15) is 4.60 Å². The molecule has 1 heterocycles. The van der Waals surface area contributed by atoms with E-state index in [1.165, 1.54) is 0 Å². The lowest BCUT2D eigenvalue weighted by atomic mass is 10.2. The van der Waals surface area contributed by atoms with Crippen LogP contribution in [0.15, 0.2) is 4.60 Å². The van der Waals surface area contributed by atoms with E-state index in [1.54, 1.807) is 11.8 Å². The van der Waals surface area contributed by atoms with Crippen molar-refractivity contribution in [2.45, 2.75) is 12.8 Å². The number of hydrogen-bond donors (Lipinski definition) is 1. The third kappa shape index (κ3) is 2.22. The Bertz CT molecular complexity index is 285. The second-order valence-corrected chi connectivity index (χ2v) is 3.55. The molecule has 0 bridgehead atoms. The molecule has 1 aromatic rings. The number of rotatable bonds is 4. The molecule has 74 valence electrons. The molecule has 2 N–H and O–H groups in total. The molecule has 13 heavy (non-hydrogen) atoms. The number of nitrogens with zero attached hydrogens (tertiary/aromatic N) is 2. The van der Waals surface area contributed by atoms with Gasteiger partial charge in [-0.2, -0.15) is 0 Å². The highest BCUT2D eigenvalue weighted by Crippen LogP contribution is 2.26. The van der Waals surface area contributed by atoms with Crippen LogP contribution in [0.5, 0.6) is 5.88 Å². The Morgan fingerprint density at radius 2 is 2.31 bits per heavy atom. The molecule has 0 aromatic carbocycles. The Balaban J connectivity index is 2.88. The summed E-state index contributed by atoms with van der Waals surface area (Å²) in [5.74, 6) is 0.683. The van der Waals surface area contributed by atoms with Crippen LogP contribution in [-0.4, -0.2) is 23.4 Å². The van der Waals surface area contributed by atoms with Crippen molar-refractivity contribution in [1.29, 1.82) is 0 Å². The normalized spacial score (nSPS) is 10.5. The summed E-state index contributed by atoms with van der Waals surface area (Å²) < 4.78 is 7.87. The number of methoxy groups -OCH3 is 1. The van der Waals surface area contributed by atoms with Crippen molar-refractivity contribution in [1.82, 2.24) is 9.78 Å². The second kappa shape index (κ2) is 4.62. The fourth-order valence-electron chi connectivity index (χ4n) is 1.18. The predicted molar refractivity (Wildman–Crippen MR) is 54.8 cm³/mol. The number of aromatic nitrogens is 2. The molecule has 0 spiro atoms. The van der Waals surface area contributed by atoms with E-state index in [-0.39, 0.29) is 0 Å². The lowest BCUT2D eigenvalue weighted by Gasteiger charge is -1.99. The molecule has 5 heteroatoms. The van der Waals surface area contributed by atoms with E-state index in [0.717, 1.165) is 23.0 Å². The SMILES string of the molecule is COc1nn(C)c(Br)c1CCCN. The van der Waals surface area contributed by atoms with E-state index in [1.807, 2.05) is 7.05 Å². The third-order valence-corrected chi connectivity index (χ3v) is 2.85. The first-order valence-corrected chi connectivity index (χ1v) is 4.95. The van der Waals surface area contributed by atoms with Gasteiger partial charge in [0.05, 0.1) is 7.11 Å². The van der Waals surface area contributed by atoms with Crippen molar-refractivity contribution >= 4 is 15.9 Å². The van der Waals surface area contributed by atoms with Crippen molar-refractivity contribution < 1.29 is 4.74 Å². The van der Waals surface area contributed by atoms with Crippen LogP contribution < -0.4 is 10.5 Å². The van der Waals surface area contributed by atoms with E-state index in [2.05, 4.69) is 21.0 Å². The van der Waals surface area contributed by atoms with Crippen LogP contribution in [0, 0.1) is 0 Å². The van der Waals surface area contributed by atoms with E-state index in [0.29, 0.717) is 12.4 Å². The van der Waals surface area contributed by atoms with Crippen molar-refractivity contribution in [2.24, 2.45) is 12.8 Å². The smallest absolute Gasteiger partial charge is 0.236 e. The lowest BCUT2D eigenvalue weighted by Crippen LogP contribution is -2.01. The maximum Gasteiger partial charge on any atom is 0.236 e. The number of halogens is 1. The lowest BCUT2D eigenvalue weighted by molar-refractivity contribution is 0.387. The summed E-state index contributed by atoms with van der Waals surface area (Å²) in [6.45, 7) is 0.685. The summed E-state index contributed by atoms with van der Waals surface area (Å²) in [5.41, 5.74) is 6.53. The number of hydrogen-bond acceptors (Lipinski definition) is 3. The van der Waals surface area contributed by atoms with Gasteiger partial charge < -0.3 is 10.5 Å². The Morgan fingerprint density at radius 3 is 2.85 bits per heavy atom. The van der Waals surface area contributed by atoms with Gasteiger partial charge in [-0.25, -0.2) is 0 Å². The maximum atomic E-state index is 5.44. The van der Waals surface area contributed by atoms with E-state index < -0.39 is 0 Å². The minimum absolute atomic E-state index is 0.683. The first kappa shape index (κ1) is 10.5. The van der Waals surface area contributed by atoms with Crippen LogP contribution in [-0.2, 0) is 13.5 Å². The first-order chi connectivity index (χ1) is 6.20. The fraction of sp³-hybridized carbons (Fsp3) is 0.625. The van der Waals surface area contributed by atoms with Gasteiger partial charge in [0.25, 0.3) is 0 Å². The van der Waals surface area contributed by atoms with Crippen molar-refractivity contribution in [3.8, 4) is 5.88 Å². The Morgan fingerprint density at radius 1 is 1.62 bits per heavy atom.